The lowest BCUT2D eigenvalue weighted by atomic mass is 9.96. The summed E-state index contributed by atoms with van der Waals surface area (Å²) < 4.78 is 35.2. The summed E-state index contributed by atoms with van der Waals surface area (Å²) in [4.78, 5) is 12.4. The SMILES string of the molecule is Cc1cc(Br)cc(Br)c1OCC(=O)NC(=S)Nc1ccc(S(=O)(=O)NC2CCCCC2)cc1. The summed E-state index contributed by atoms with van der Waals surface area (Å²) >= 11 is 12.0. The minimum absolute atomic E-state index is 0.00613. The third kappa shape index (κ3) is 7.74. The summed E-state index contributed by atoms with van der Waals surface area (Å²) in [6.45, 7) is 1.66. The first kappa shape index (κ1) is 26.1. The van der Waals surface area contributed by atoms with Gasteiger partial charge in [-0.3, -0.25) is 10.1 Å². The third-order valence-corrected chi connectivity index (χ3v) is 7.93. The molecule has 0 heterocycles. The van der Waals surface area contributed by atoms with Crippen LogP contribution in [0.2, 0.25) is 0 Å². The number of ether oxygens (including phenoxy) is 1. The molecule has 0 unspecified atom stereocenters. The van der Waals surface area contributed by atoms with Gasteiger partial charge in [0.25, 0.3) is 5.91 Å². The summed E-state index contributed by atoms with van der Waals surface area (Å²) in [5.74, 6) is 0.156. The smallest absolute Gasteiger partial charge is 0.264 e. The van der Waals surface area contributed by atoms with Crippen LogP contribution in [0.4, 0.5) is 5.69 Å². The van der Waals surface area contributed by atoms with Crippen molar-refractivity contribution in [2.24, 2.45) is 0 Å². The van der Waals surface area contributed by atoms with Gasteiger partial charge in [0, 0.05) is 16.2 Å². The van der Waals surface area contributed by atoms with Gasteiger partial charge in [0.05, 0.1) is 9.37 Å². The molecule has 2 aromatic rings. The van der Waals surface area contributed by atoms with Crippen LogP contribution in [0, 0.1) is 6.92 Å². The first-order valence-corrected chi connectivity index (χ1v) is 13.9. The molecule has 1 saturated carbocycles. The first-order chi connectivity index (χ1) is 15.6. The number of sulfonamides is 1. The Morgan fingerprint density at radius 2 is 1.79 bits per heavy atom. The van der Waals surface area contributed by atoms with E-state index in [0.717, 1.165) is 46.6 Å². The lowest BCUT2D eigenvalue weighted by Gasteiger charge is -2.22. The van der Waals surface area contributed by atoms with Crippen molar-refractivity contribution >= 4 is 70.8 Å². The number of nitrogens with one attached hydrogen (secondary N) is 3. The maximum absolute atomic E-state index is 12.6. The van der Waals surface area contributed by atoms with E-state index in [0.29, 0.717) is 11.4 Å². The van der Waals surface area contributed by atoms with Crippen molar-refractivity contribution < 1.29 is 17.9 Å². The van der Waals surface area contributed by atoms with Crippen LogP contribution >= 0.6 is 44.1 Å². The summed E-state index contributed by atoms with van der Waals surface area (Å²) in [6.07, 6.45) is 4.99. The number of hydrogen-bond donors (Lipinski definition) is 3. The van der Waals surface area contributed by atoms with Gasteiger partial charge in [-0.15, -0.1) is 0 Å². The molecule has 3 N–H and O–H groups in total. The number of carbonyl (C=O) groups is 1. The number of anilines is 1. The molecule has 11 heteroatoms. The van der Waals surface area contributed by atoms with Crippen LogP contribution in [0.25, 0.3) is 0 Å². The number of carbonyl (C=O) groups excluding carboxylic acids is 1. The van der Waals surface area contributed by atoms with E-state index in [1.807, 2.05) is 19.1 Å². The van der Waals surface area contributed by atoms with Gasteiger partial charge in [-0.2, -0.15) is 0 Å². The molecule has 0 radical (unpaired) electrons. The molecule has 1 fully saturated rings. The first-order valence-electron chi connectivity index (χ1n) is 10.5. The topological polar surface area (TPSA) is 96.5 Å². The summed E-state index contributed by atoms with van der Waals surface area (Å²) in [6, 6.07) is 9.94. The van der Waals surface area contributed by atoms with E-state index in [9.17, 15) is 13.2 Å². The van der Waals surface area contributed by atoms with Crippen molar-refractivity contribution in [3.8, 4) is 5.75 Å². The second-order valence-electron chi connectivity index (χ2n) is 7.81. The van der Waals surface area contributed by atoms with Crippen LogP contribution in [0.1, 0.15) is 37.7 Å². The van der Waals surface area contributed by atoms with Gasteiger partial charge in [-0.1, -0.05) is 35.2 Å². The molecule has 0 spiro atoms. The van der Waals surface area contributed by atoms with Crippen LogP contribution in [0.5, 0.6) is 5.75 Å². The summed E-state index contributed by atoms with van der Waals surface area (Å²) in [7, 11) is -3.57. The standard InChI is InChI=1S/C22H25Br2N3O4S2/c1-14-11-15(23)12-19(24)21(14)31-13-20(28)26-22(32)25-16-7-9-18(10-8-16)33(29,30)27-17-5-3-2-4-6-17/h7-12,17,27H,2-6,13H2,1H3,(H2,25,26,28,32). The lowest BCUT2D eigenvalue weighted by Crippen LogP contribution is -2.37. The second kappa shape index (κ2) is 11.7. The molecule has 178 valence electrons. The van der Waals surface area contributed by atoms with Crippen molar-refractivity contribution in [3.63, 3.8) is 0 Å². The van der Waals surface area contributed by atoms with E-state index in [-0.39, 0.29) is 22.7 Å². The molecule has 0 atom stereocenters. The zero-order chi connectivity index (χ0) is 24.0. The van der Waals surface area contributed by atoms with Crippen molar-refractivity contribution in [1.82, 2.24) is 10.0 Å². The van der Waals surface area contributed by atoms with Gasteiger partial charge >= 0.3 is 0 Å². The largest absolute Gasteiger partial charge is 0.482 e. The summed E-state index contributed by atoms with van der Waals surface area (Å²) in [5.41, 5.74) is 1.43. The van der Waals surface area contributed by atoms with Crippen molar-refractivity contribution in [2.45, 2.75) is 50.0 Å². The van der Waals surface area contributed by atoms with E-state index in [2.05, 4.69) is 47.2 Å². The quantitative estimate of drug-likeness (QED) is 0.377. The minimum atomic E-state index is -3.57. The Balaban J connectivity index is 1.50. The van der Waals surface area contributed by atoms with Gasteiger partial charge in [0.2, 0.25) is 10.0 Å². The van der Waals surface area contributed by atoms with E-state index in [1.165, 1.54) is 12.1 Å². The Morgan fingerprint density at radius 1 is 1.12 bits per heavy atom. The Bertz CT molecular complexity index is 1100. The highest BCUT2D eigenvalue weighted by molar-refractivity contribution is 9.11. The Hall–Kier alpha value is -1.53. The number of benzene rings is 2. The average molecular weight is 619 g/mol. The maximum Gasteiger partial charge on any atom is 0.264 e. The predicted octanol–water partition coefficient (Wildman–Crippen LogP) is 5.02. The summed E-state index contributed by atoms with van der Waals surface area (Å²) in [5, 5.41) is 5.51. The van der Waals surface area contributed by atoms with E-state index in [4.69, 9.17) is 17.0 Å². The van der Waals surface area contributed by atoms with Gasteiger partial charge in [0.1, 0.15) is 5.75 Å². The highest BCUT2D eigenvalue weighted by Crippen LogP contribution is 2.32. The zero-order valence-corrected chi connectivity index (χ0v) is 22.8. The fourth-order valence-corrected chi connectivity index (χ4v) is 6.65. The molecule has 33 heavy (non-hydrogen) atoms. The maximum atomic E-state index is 12.6. The minimum Gasteiger partial charge on any atom is -0.482 e. The molecule has 1 amide bonds. The monoisotopic (exact) mass is 617 g/mol. The number of hydrogen-bond acceptors (Lipinski definition) is 5. The number of amides is 1. The zero-order valence-electron chi connectivity index (χ0n) is 18.0. The normalized spacial score (nSPS) is 14.5. The molecule has 0 bridgehead atoms. The van der Waals surface area contributed by atoms with Crippen molar-refractivity contribution in [1.29, 1.82) is 0 Å². The Morgan fingerprint density at radius 3 is 2.42 bits per heavy atom. The molecule has 7 nitrogen and oxygen atoms in total. The van der Waals surface area contributed by atoms with Crippen LogP contribution in [0.3, 0.4) is 0 Å². The fraction of sp³-hybridized carbons (Fsp3) is 0.364. The average Bonchev–Trinajstić information content (AvgIpc) is 2.73. The van der Waals surface area contributed by atoms with E-state index < -0.39 is 15.9 Å². The van der Waals surface area contributed by atoms with Gasteiger partial charge in [-0.05, 0) is 89.9 Å². The molecule has 3 rings (SSSR count). The molecule has 0 aliphatic heterocycles. The molecule has 0 aromatic heterocycles. The highest BCUT2D eigenvalue weighted by Gasteiger charge is 2.21. The second-order valence-corrected chi connectivity index (χ2v) is 11.7. The fourth-order valence-electron chi connectivity index (χ4n) is 3.56. The highest BCUT2D eigenvalue weighted by atomic mass is 79.9. The van der Waals surface area contributed by atoms with E-state index in [1.54, 1.807) is 12.1 Å². The van der Waals surface area contributed by atoms with Crippen LogP contribution in [-0.2, 0) is 14.8 Å². The van der Waals surface area contributed by atoms with Crippen molar-refractivity contribution in [3.05, 3.63) is 50.9 Å². The molecule has 2 aromatic carbocycles. The number of halogens is 2. The molecule has 1 aliphatic rings. The van der Waals surface area contributed by atoms with Crippen LogP contribution in [0.15, 0.2) is 50.2 Å². The predicted molar refractivity (Wildman–Crippen MR) is 140 cm³/mol. The van der Waals surface area contributed by atoms with Crippen LogP contribution in [-0.4, -0.2) is 32.1 Å². The van der Waals surface area contributed by atoms with E-state index >= 15 is 0 Å². The van der Waals surface area contributed by atoms with Crippen molar-refractivity contribution in [2.75, 3.05) is 11.9 Å². The number of thiocarbonyl (C=S) groups is 1. The Kier molecular flexibility index (Phi) is 9.28. The molecular formula is C22H25Br2N3O4S2. The van der Waals surface area contributed by atoms with Gasteiger partial charge in [-0.25, -0.2) is 13.1 Å². The van der Waals surface area contributed by atoms with Gasteiger partial charge < -0.3 is 10.1 Å². The molecule has 1 aliphatic carbocycles. The number of aryl methyl sites for hydroxylation is 1. The third-order valence-electron chi connectivity index (χ3n) is 5.14. The Labute approximate surface area is 216 Å². The molecule has 0 saturated heterocycles. The van der Waals surface area contributed by atoms with Crippen LogP contribution < -0.4 is 20.1 Å². The lowest BCUT2D eigenvalue weighted by molar-refractivity contribution is -0.121. The molecular weight excluding hydrogens is 594 g/mol. The van der Waals surface area contributed by atoms with Gasteiger partial charge in [0.15, 0.2) is 11.7 Å². The number of rotatable bonds is 7.